The van der Waals surface area contributed by atoms with Crippen LogP contribution in [0.2, 0.25) is 0 Å². The summed E-state index contributed by atoms with van der Waals surface area (Å²) in [6.07, 6.45) is 5.75. The molecule has 0 unspecified atom stereocenters. The largest absolute Gasteiger partial charge is 0.379 e. The molecule has 1 aliphatic carbocycles. The zero-order valence-corrected chi connectivity index (χ0v) is 15.4. The van der Waals surface area contributed by atoms with Crippen molar-refractivity contribution in [3.8, 4) is 0 Å². The fraction of sp³-hybridized carbons (Fsp3) is 0.550. The van der Waals surface area contributed by atoms with Crippen LogP contribution in [0.15, 0.2) is 29.4 Å². The highest BCUT2D eigenvalue weighted by atomic mass is 16.5. The SMILES string of the molecule is CCNC(=NCCOCC1CC1)NCCc1c[nH]c2cc(C)ccc12. The number of benzene rings is 1. The minimum Gasteiger partial charge on any atom is -0.379 e. The molecule has 1 aliphatic rings. The molecule has 2 aromatic rings. The standard InChI is InChI=1S/C20H30N4O/c1-3-21-20(23-10-11-25-14-16-5-6-16)22-9-8-17-13-24-19-12-15(2)4-7-18(17)19/h4,7,12-13,16,24H,3,5-6,8-11,14H2,1-2H3,(H2,21,22,23). The lowest BCUT2D eigenvalue weighted by Crippen LogP contribution is -2.38. The van der Waals surface area contributed by atoms with Gasteiger partial charge in [0.1, 0.15) is 0 Å². The Balaban J connectivity index is 1.45. The Morgan fingerprint density at radius 2 is 2.20 bits per heavy atom. The van der Waals surface area contributed by atoms with Crippen molar-refractivity contribution in [3.63, 3.8) is 0 Å². The highest BCUT2D eigenvalue weighted by Gasteiger charge is 2.20. The van der Waals surface area contributed by atoms with Crippen molar-refractivity contribution in [1.82, 2.24) is 15.6 Å². The smallest absolute Gasteiger partial charge is 0.191 e. The molecule has 5 heteroatoms. The molecular weight excluding hydrogens is 312 g/mol. The number of aromatic nitrogens is 1. The number of hydrogen-bond donors (Lipinski definition) is 3. The second kappa shape index (κ2) is 8.90. The molecule has 1 aromatic heterocycles. The van der Waals surface area contributed by atoms with Crippen molar-refractivity contribution in [2.75, 3.05) is 32.8 Å². The zero-order valence-electron chi connectivity index (χ0n) is 15.4. The van der Waals surface area contributed by atoms with E-state index in [-0.39, 0.29) is 0 Å². The Morgan fingerprint density at radius 1 is 1.32 bits per heavy atom. The number of H-pyrrole nitrogens is 1. The van der Waals surface area contributed by atoms with Gasteiger partial charge in [-0.1, -0.05) is 12.1 Å². The van der Waals surface area contributed by atoms with Gasteiger partial charge in [-0.15, -0.1) is 0 Å². The van der Waals surface area contributed by atoms with Gasteiger partial charge < -0.3 is 20.4 Å². The molecule has 1 fully saturated rings. The molecule has 1 heterocycles. The third-order valence-electron chi connectivity index (χ3n) is 4.51. The maximum Gasteiger partial charge on any atom is 0.191 e. The number of aryl methyl sites for hydroxylation is 1. The molecule has 1 saturated carbocycles. The second-order valence-electron chi connectivity index (χ2n) is 6.82. The van der Waals surface area contributed by atoms with E-state index in [1.807, 2.05) is 0 Å². The van der Waals surface area contributed by atoms with Gasteiger partial charge >= 0.3 is 0 Å². The first kappa shape index (κ1) is 17.8. The molecular formula is C20H30N4O. The Morgan fingerprint density at radius 3 is 3.00 bits per heavy atom. The third kappa shape index (κ3) is 5.49. The van der Waals surface area contributed by atoms with Crippen molar-refractivity contribution >= 4 is 16.9 Å². The number of nitrogens with zero attached hydrogens (tertiary/aromatic N) is 1. The van der Waals surface area contributed by atoms with Gasteiger partial charge in [0.05, 0.1) is 13.2 Å². The van der Waals surface area contributed by atoms with Crippen LogP contribution in [0.25, 0.3) is 10.9 Å². The van der Waals surface area contributed by atoms with Crippen molar-refractivity contribution in [2.45, 2.75) is 33.1 Å². The van der Waals surface area contributed by atoms with E-state index in [1.165, 1.54) is 34.9 Å². The molecule has 0 bridgehead atoms. The molecule has 3 rings (SSSR count). The lowest BCUT2D eigenvalue weighted by molar-refractivity contribution is 0.131. The van der Waals surface area contributed by atoms with Crippen LogP contribution in [0.1, 0.15) is 30.9 Å². The monoisotopic (exact) mass is 342 g/mol. The van der Waals surface area contributed by atoms with Gasteiger partial charge in [0.2, 0.25) is 0 Å². The lowest BCUT2D eigenvalue weighted by atomic mass is 10.1. The molecule has 25 heavy (non-hydrogen) atoms. The number of ether oxygens (including phenoxy) is 1. The fourth-order valence-electron chi connectivity index (χ4n) is 2.92. The molecule has 136 valence electrons. The lowest BCUT2D eigenvalue weighted by Gasteiger charge is -2.11. The van der Waals surface area contributed by atoms with E-state index in [2.05, 4.69) is 58.9 Å². The maximum atomic E-state index is 5.64. The van der Waals surface area contributed by atoms with Crippen LogP contribution in [0, 0.1) is 12.8 Å². The Hall–Kier alpha value is -2.01. The van der Waals surface area contributed by atoms with E-state index in [9.17, 15) is 0 Å². The van der Waals surface area contributed by atoms with E-state index in [1.54, 1.807) is 0 Å². The summed E-state index contributed by atoms with van der Waals surface area (Å²) in [7, 11) is 0. The molecule has 3 N–H and O–H groups in total. The minimum atomic E-state index is 0.703. The van der Waals surface area contributed by atoms with Gasteiger partial charge in [-0.3, -0.25) is 4.99 Å². The molecule has 0 amide bonds. The van der Waals surface area contributed by atoms with Crippen LogP contribution in [0.4, 0.5) is 0 Å². The van der Waals surface area contributed by atoms with Gasteiger partial charge in [0.15, 0.2) is 5.96 Å². The summed E-state index contributed by atoms with van der Waals surface area (Å²) in [4.78, 5) is 7.95. The Kier molecular flexibility index (Phi) is 6.34. The van der Waals surface area contributed by atoms with Crippen LogP contribution in [0.5, 0.6) is 0 Å². The summed E-state index contributed by atoms with van der Waals surface area (Å²) >= 11 is 0. The number of nitrogens with one attached hydrogen (secondary N) is 3. The number of fused-ring (bicyclic) bond motifs is 1. The number of hydrogen-bond acceptors (Lipinski definition) is 2. The van der Waals surface area contributed by atoms with E-state index < -0.39 is 0 Å². The van der Waals surface area contributed by atoms with E-state index >= 15 is 0 Å². The normalized spacial score (nSPS) is 14.9. The van der Waals surface area contributed by atoms with Crippen LogP contribution in [-0.2, 0) is 11.2 Å². The van der Waals surface area contributed by atoms with E-state index in [0.717, 1.165) is 38.0 Å². The summed E-state index contributed by atoms with van der Waals surface area (Å²) in [6.45, 7) is 8.23. The Bertz CT molecular complexity index is 703. The van der Waals surface area contributed by atoms with Crippen LogP contribution in [-0.4, -0.2) is 43.8 Å². The molecule has 1 aromatic carbocycles. The van der Waals surface area contributed by atoms with E-state index in [4.69, 9.17) is 4.74 Å². The van der Waals surface area contributed by atoms with Gasteiger partial charge in [-0.25, -0.2) is 0 Å². The van der Waals surface area contributed by atoms with Crippen molar-refractivity contribution in [3.05, 3.63) is 35.5 Å². The first-order valence-electron chi connectivity index (χ1n) is 9.43. The summed E-state index contributed by atoms with van der Waals surface area (Å²) in [5.41, 5.74) is 3.83. The summed E-state index contributed by atoms with van der Waals surface area (Å²) < 4.78 is 5.64. The predicted octanol–water partition coefficient (Wildman–Crippen LogP) is 3.00. The highest BCUT2D eigenvalue weighted by molar-refractivity contribution is 5.84. The fourth-order valence-corrected chi connectivity index (χ4v) is 2.92. The second-order valence-corrected chi connectivity index (χ2v) is 6.82. The number of guanidine groups is 1. The Labute approximate surface area is 150 Å². The average Bonchev–Trinajstić information content (AvgIpc) is 3.34. The number of aliphatic imine (C=N–C) groups is 1. The quantitative estimate of drug-likeness (QED) is 0.373. The van der Waals surface area contributed by atoms with Gasteiger partial charge in [0, 0.05) is 36.8 Å². The van der Waals surface area contributed by atoms with E-state index in [0.29, 0.717) is 13.2 Å². The molecule has 0 atom stereocenters. The molecule has 5 nitrogen and oxygen atoms in total. The topological polar surface area (TPSA) is 61.4 Å². The summed E-state index contributed by atoms with van der Waals surface area (Å²) in [6, 6.07) is 6.56. The van der Waals surface area contributed by atoms with Crippen LogP contribution >= 0.6 is 0 Å². The van der Waals surface area contributed by atoms with Crippen molar-refractivity contribution in [1.29, 1.82) is 0 Å². The zero-order chi connectivity index (χ0) is 17.5. The number of rotatable bonds is 9. The molecule has 0 radical (unpaired) electrons. The van der Waals surface area contributed by atoms with Crippen LogP contribution in [0.3, 0.4) is 0 Å². The predicted molar refractivity (Wildman–Crippen MR) is 104 cm³/mol. The van der Waals surface area contributed by atoms with Crippen molar-refractivity contribution < 1.29 is 4.74 Å². The van der Waals surface area contributed by atoms with Gasteiger partial charge in [-0.05, 0) is 56.2 Å². The first-order valence-corrected chi connectivity index (χ1v) is 9.43. The summed E-state index contributed by atoms with van der Waals surface area (Å²) in [5.74, 6) is 1.68. The molecule has 0 aliphatic heterocycles. The molecule has 0 saturated heterocycles. The van der Waals surface area contributed by atoms with Gasteiger partial charge in [0.25, 0.3) is 0 Å². The van der Waals surface area contributed by atoms with Crippen LogP contribution < -0.4 is 10.6 Å². The maximum absolute atomic E-state index is 5.64. The molecule has 0 spiro atoms. The first-order chi connectivity index (χ1) is 12.3. The number of aromatic amines is 1. The highest BCUT2D eigenvalue weighted by Crippen LogP contribution is 2.28. The third-order valence-corrected chi connectivity index (χ3v) is 4.51. The summed E-state index contributed by atoms with van der Waals surface area (Å²) in [5, 5.41) is 8.02. The average molecular weight is 342 g/mol. The minimum absolute atomic E-state index is 0.703. The van der Waals surface area contributed by atoms with Gasteiger partial charge in [-0.2, -0.15) is 0 Å². The van der Waals surface area contributed by atoms with Crippen molar-refractivity contribution in [2.24, 2.45) is 10.9 Å².